The van der Waals surface area contributed by atoms with Crippen molar-refractivity contribution in [2.24, 2.45) is 0 Å². The zero-order valence-corrected chi connectivity index (χ0v) is 13.8. The molecule has 1 aromatic rings. The van der Waals surface area contributed by atoms with Crippen LogP contribution in [0.1, 0.15) is 63.1 Å². The van der Waals surface area contributed by atoms with Gasteiger partial charge in [-0.1, -0.05) is 43.5 Å². The van der Waals surface area contributed by atoms with Gasteiger partial charge in [-0.2, -0.15) is 4.98 Å². The Kier molecular flexibility index (Phi) is 5.31. The summed E-state index contributed by atoms with van der Waals surface area (Å²) in [6.45, 7) is 3.42. The van der Waals surface area contributed by atoms with Crippen LogP contribution in [0.2, 0.25) is 0 Å². The van der Waals surface area contributed by atoms with Crippen LogP contribution in [0.3, 0.4) is 0 Å². The Hall–Kier alpha value is -1.85. The topological polar surface area (TPSA) is 71.3 Å². The number of unbranched alkanes of at least 4 members (excludes halogenated alkanes) is 1. The van der Waals surface area contributed by atoms with Crippen molar-refractivity contribution in [2.75, 3.05) is 13.1 Å². The second-order valence-corrected chi connectivity index (χ2v) is 6.45. The smallest absolute Gasteiger partial charge is 0.318 e. The fraction of sp³-hybridized carbons (Fsp3) is 0.706. The molecule has 1 aliphatic carbocycles. The first kappa shape index (κ1) is 16.0. The maximum atomic E-state index is 12.3. The number of aromatic nitrogens is 2. The van der Waals surface area contributed by atoms with Gasteiger partial charge in [0, 0.05) is 25.4 Å². The Morgan fingerprint density at radius 2 is 2.35 bits per heavy atom. The van der Waals surface area contributed by atoms with Gasteiger partial charge in [-0.25, -0.2) is 4.79 Å². The van der Waals surface area contributed by atoms with Crippen molar-refractivity contribution in [3.63, 3.8) is 0 Å². The van der Waals surface area contributed by atoms with E-state index in [4.69, 9.17) is 4.52 Å². The van der Waals surface area contributed by atoms with Gasteiger partial charge in [0.15, 0.2) is 5.82 Å². The molecule has 1 aromatic heterocycles. The number of hydrogen-bond donors (Lipinski definition) is 1. The number of carbonyl (C=O) groups is 1. The summed E-state index contributed by atoms with van der Waals surface area (Å²) in [6.07, 6.45) is 11.7. The van der Waals surface area contributed by atoms with Gasteiger partial charge < -0.3 is 14.7 Å². The van der Waals surface area contributed by atoms with Crippen molar-refractivity contribution in [2.45, 2.75) is 63.8 Å². The highest BCUT2D eigenvalue weighted by Gasteiger charge is 2.26. The molecule has 126 valence electrons. The van der Waals surface area contributed by atoms with Crippen molar-refractivity contribution in [1.29, 1.82) is 0 Å². The van der Waals surface area contributed by atoms with Crippen LogP contribution >= 0.6 is 0 Å². The van der Waals surface area contributed by atoms with E-state index >= 15 is 0 Å². The molecule has 0 spiro atoms. The highest BCUT2D eigenvalue weighted by atomic mass is 16.5. The molecule has 2 amide bonds. The number of carbonyl (C=O) groups excluding carboxylic acids is 1. The van der Waals surface area contributed by atoms with E-state index in [1.54, 1.807) is 0 Å². The van der Waals surface area contributed by atoms with Crippen molar-refractivity contribution in [3.8, 4) is 0 Å². The van der Waals surface area contributed by atoms with Crippen LogP contribution in [0.15, 0.2) is 16.7 Å². The van der Waals surface area contributed by atoms with E-state index in [0.29, 0.717) is 31.3 Å². The molecule has 23 heavy (non-hydrogen) atoms. The summed E-state index contributed by atoms with van der Waals surface area (Å²) in [5, 5.41) is 6.98. The van der Waals surface area contributed by atoms with Gasteiger partial charge in [0.2, 0.25) is 5.89 Å². The van der Waals surface area contributed by atoms with Gasteiger partial charge in [-0.3, -0.25) is 0 Å². The maximum Gasteiger partial charge on any atom is 0.318 e. The van der Waals surface area contributed by atoms with E-state index in [0.717, 1.165) is 38.0 Å². The van der Waals surface area contributed by atoms with Crippen LogP contribution in [0, 0.1) is 0 Å². The fourth-order valence-corrected chi connectivity index (χ4v) is 3.04. The average Bonchev–Trinajstić information content (AvgIpc) is 3.12. The number of urea groups is 1. The van der Waals surface area contributed by atoms with E-state index in [2.05, 4.69) is 34.5 Å². The Labute approximate surface area is 137 Å². The molecule has 0 radical (unpaired) electrons. The number of rotatable bonds is 7. The number of nitrogens with one attached hydrogen (secondary N) is 1. The monoisotopic (exact) mass is 318 g/mol. The maximum absolute atomic E-state index is 12.3. The zero-order chi connectivity index (χ0) is 16.1. The predicted octanol–water partition coefficient (Wildman–Crippen LogP) is 3.02. The van der Waals surface area contributed by atoms with E-state index in [9.17, 15) is 4.79 Å². The number of nitrogens with zero attached hydrogens (tertiary/aromatic N) is 3. The molecule has 2 aliphatic rings. The molecule has 2 heterocycles. The Balaban J connectivity index is 1.41. The Morgan fingerprint density at radius 1 is 1.48 bits per heavy atom. The second-order valence-electron chi connectivity index (χ2n) is 6.45. The molecule has 0 saturated heterocycles. The van der Waals surface area contributed by atoms with Gasteiger partial charge in [0.25, 0.3) is 0 Å². The number of hydrogen-bond acceptors (Lipinski definition) is 4. The van der Waals surface area contributed by atoms with Crippen LogP contribution in [-0.4, -0.2) is 40.2 Å². The molecule has 0 aromatic carbocycles. The fourth-order valence-electron chi connectivity index (χ4n) is 3.04. The Morgan fingerprint density at radius 3 is 3.09 bits per heavy atom. The molecule has 1 saturated carbocycles. The lowest BCUT2D eigenvalue weighted by Gasteiger charge is -2.24. The third-order valence-electron chi connectivity index (χ3n) is 4.74. The molecular weight excluding hydrogens is 292 g/mol. The van der Waals surface area contributed by atoms with Crippen LogP contribution in [0.25, 0.3) is 0 Å². The average molecular weight is 318 g/mol. The lowest BCUT2D eigenvalue weighted by Crippen LogP contribution is -2.43. The number of amides is 2. The van der Waals surface area contributed by atoms with Gasteiger partial charge in [0.1, 0.15) is 0 Å². The van der Waals surface area contributed by atoms with E-state index < -0.39 is 0 Å². The summed E-state index contributed by atoms with van der Waals surface area (Å²) in [5.74, 6) is 1.91. The summed E-state index contributed by atoms with van der Waals surface area (Å²) in [5.41, 5.74) is 0. The molecule has 6 heteroatoms. The van der Waals surface area contributed by atoms with Gasteiger partial charge in [-0.05, 0) is 19.3 Å². The summed E-state index contributed by atoms with van der Waals surface area (Å²) in [6, 6.07) is 0.240. The van der Waals surface area contributed by atoms with Crippen LogP contribution in [0.4, 0.5) is 4.79 Å². The molecule has 0 bridgehead atoms. The molecule has 1 fully saturated rings. The molecule has 1 atom stereocenters. The second kappa shape index (κ2) is 7.62. The van der Waals surface area contributed by atoms with Gasteiger partial charge in [0.05, 0.1) is 6.04 Å². The highest BCUT2D eigenvalue weighted by Crippen LogP contribution is 2.35. The first-order valence-corrected chi connectivity index (χ1v) is 8.81. The normalized spacial score (nSPS) is 20.7. The summed E-state index contributed by atoms with van der Waals surface area (Å²) in [7, 11) is 0. The first-order valence-electron chi connectivity index (χ1n) is 8.81. The zero-order valence-electron chi connectivity index (χ0n) is 13.8. The minimum atomic E-state index is -0.00110. The van der Waals surface area contributed by atoms with Crippen molar-refractivity contribution in [3.05, 3.63) is 23.9 Å². The third kappa shape index (κ3) is 3.92. The molecular formula is C17H26N4O2. The standard InChI is InChI=1S/C17H26N4O2/c1-2-3-8-14-9-5-12-21(14)17(22)18-11-10-15-19-16(23-20-15)13-6-4-7-13/h5,9,13-14H,2-4,6-8,10-12H2,1H3,(H,18,22). The van der Waals surface area contributed by atoms with Crippen LogP contribution in [-0.2, 0) is 6.42 Å². The van der Waals surface area contributed by atoms with Crippen molar-refractivity contribution >= 4 is 6.03 Å². The van der Waals surface area contributed by atoms with Gasteiger partial charge >= 0.3 is 6.03 Å². The molecule has 1 unspecified atom stereocenters. The summed E-state index contributed by atoms with van der Waals surface area (Å²) in [4.78, 5) is 18.6. The van der Waals surface area contributed by atoms with Crippen molar-refractivity contribution in [1.82, 2.24) is 20.4 Å². The lowest BCUT2D eigenvalue weighted by atomic mass is 9.85. The van der Waals surface area contributed by atoms with E-state index in [1.807, 2.05) is 4.90 Å². The molecule has 1 N–H and O–H groups in total. The van der Waals surface area contributed by atoms with Gasteiger partial charge in [-0.15, -0.1) is 0 Å². The molecule has 6 nitrogen and oxygen atoms in total. The van der Waals surface area contributed by atoms with E-state index in [1.165, 1.54) is 6.42 Å². The molecule has 1 aliphatic heterocycles. The van der Waals surface area contributed by atoms with E-state index in [-0.39, 0.29) is 12.1 Å². The molecule has 3 rings (SSSR count). The minimum Gasteiger partial charge on any atom is -0.339 e. The third-order valence-corrected chi connectivity index (χ3v) is 4.74. The first-order chi connectivity index (χ1) is 11.3. The highest BCUT2D eigenvalue weighted by molar-refractivity contribution is 5.75. The van der Waals surface area contributed by atoms with Crippen molar-refractivity contribution < 1.29 is 9.32 Å². The SMILES string of the molecule is CCCCC1C=CCN1C(=O)NCCc1noc(C2CCC2)n1. The predicted molar refractivity (Wildman–Crippen MR) is 87.2 cm³/mol. The van der Waals surface area contributed by atoms with Crippen LogP contribution in [0.5, 0.6) is 0 Å². The summed E-state index contributed by atoms with van der Waals surface area (Å²) < 4.78 is 5.29. The Bertz CT molecular complexity index is 551. The lowest BCUT2D eigenvalue weighted by molar-refractivity contribution is 0.194. The van der Waals surface area contributed by atoms with Crippen LogP contribution < -0.4 is 5.32 Å². The minimum absolute atomic E-state index is 0.00110. The summed E-state index contributed by atoms with van der Waals surface area (Å²) >= 11 is 0. The quantitative estimate of drug-likeness (QED) is 0.784. The largest absolute Gasteiger partial charge is 0.339 e.